The van der Waals surface area contributed by atoms with Crippen LogP contribution in [0, 0.1) is 34.5 Å². The number of carboxylic acids is 1. The highest BCUT2D eigenvalue weighted by Gasteiger charge is 2.39. The van der Waals surface area contributed by atoms with Crippen molar-refractivity contribution in [1.82, 2.24) is 58.1 Å². The van der Waals surface area contributed by atoms with Crippen LogP contribution in [0.3, 0.4) is 0 Å². The summed E-state index contributed by atoms with van der Waals surface area (Å²) >= 11 is 0. The Bertz CT molecular complexity index is 2240. The normalized spacial score (nSPS) is 16.2. The minimum absolute atomic E-state index is 0.0318. The molecule has 23 N–H and O–H groups in total. The largest absolute Gasteiger partial charge is 0.481 e. The molecule has 1 aliphatic heterocycles. The zero-order chi connectivity index (χ0) is 64.5. The van der Waals surface area contributed by atoms with Gasteiger partial charge in [0.05, 0.1) is 0 Å². The predicted molar refractivity (Wildman–Crippen MR) is 319 cm³/mol. The van der Waals surface area contributed by atoms with Crippen molar-refractivity contribution >= 4 is 77.0 Å². The van der Waals surface area contributed by atoms with Crippen LogP contribution in [0.1, 0.15) is 158 Å². The van der Waals surface area contributed by atoms with Gasteiger partial charge in [-0.2, -0.15) is 0 Å². The Balaban J connectivity index is 3.44. The highest BCUT2D eigenvalue weighted by Crippen LogP contribution is 2.23. The number of primary amides is 1. The molecule has 85 heavy (non-hydrogen) atoms. The molecule has 0 aromatic rings. The van der Waals surface area contributed by atoms with E-state index in [1.165, 1.54) is 11.8 Å². The number of guanidine groups is 2. The van der Waals surface area contributed by atoms with Gasteiger partial charge in [-0.05, 0) is 134 Å². The predicted octanol–water partition coefficient (Wildman–Crippen LogP) is -2.61. The number of nitrogens with zero attached hydrogens (tertiary/aromatic N) is 1. The first kappa shape index (κ1) is 75.6. The summed E-state index contributed by atoms with van der Waals surface area (Å²) in [6.45, 7) is 15.0. The van der Waals surface area contributed by atoms with E-state index < -0.39 is 138 Å². The maximum absolute atomic E-state index is 14.4. The number of carboxylic acid groups (broad SMARTS) is 1. The van der Waals surface area contributed by atoms with Gasteiger partial charge in [0.1, 0.15) is 54.4 Å². The number of hydrogen-bond acceptors (Lipinski definition) is 15. The maximum atomic E-state index is 14.4. The fraction of sp³-hybridized carbons (Fsp3) is 0.764. The van der Waals surface area contributed by atoms with Crippen LogP contribution >= 0.6 is 0 Å². The van der Waals surface area contributed by atoms with Crippen molar-refractivity contribution in [3.8, 4) is 0 Å². The molecule has 0 radical (unpaired) electrons. The standard InChI is InChI=1S/C55H102N18O12/c1-30(2)28-39(50(82)65-34(8)45(77)66-38(21-22-42(74)75)48(80)68-36(18-10-12-24-57)49(81)72-43(32(5)6)44(58)76)71-51(83)40(29-31(3)4)70-47(79)35(17-9-11-23-56)67-46(78)37(19-14-26-64-55(61)62)69-52(84)41-20-15-27-73(41)53(85)33(7)16-13-25-63-54(59)60/h30-41,43H,9-29,56-57H2,1-8H3,(H2,58,76)(H,65,82)(H,66,77)(H,67,78)(H,68,80)(H,69,84)(H,70,79)(H,71,83)(H,72,81)(H,74,75)(H4,59,60,63)(H4,61,62,64)/t33-,34-,35-,36-,37-,38-,39-,40-,41-,43-/m0/s1. The number of carbonyl (C=O) groups excluding carboxylic acids is 10. The Hall–Kier alpha value is -7.37. The number of unbranched alkanes of at least 4 members (excludes halogenated alkanes) is 2. The summed E-state index contributed by atoms with van der Waals surface area (Å²) in [7, 11) is 0. The molecule has 30 nitrogen and oxygen atoms in total. The van der Waals surface area contributed by atoms with Crippen LogP contribution < -0.4 is 81.8 Å². The van der Waals surface area contributed by atoms with Crippen molar-refractivity contribution in [3.05, 3.63) is 0 Å². The highest BCUT2D eigenvalue weighted by molar-refractivity contribution is 5.98. The van der Waals surface area contributed by atoms with E-state index in [4.69, 9.17) is 39.5 Å². The number of hydrogen-bond donors (Lipinski definition) is 18. The van der Waals surface area contributed by atoms with Gasteiger partial charge in [0.25, 0.3) is 0 Å². The molecule has 1 heterocycles. The molecule has 0 aliphatic carbocycles. The third-order valence-electron chi connectivity index (χ3n) is 14.2. The van der Waals surface area contributed by atoms with Crippen molar-refractivity contribution in [2.45, 2.75) is 212 Å². The van der Waals surface area contributed by atoms with Crippen molar-refractivity contribution in [2.75, 3.05) is 32.7 Å². The molecule has 10 amide bonds. The molecule has 1 saturated heterocycles. The van der Waals surface area contributed by atoms with E-state index in [0.717, 1.165) is 0 Å². The smallest absolute Gasteiger partial charge is 0.303 e. The van der Waals surface area contributed by atoms with Crippen molar-refractivity contribution < 1.29 is 57.8 Å². The summed E-state index contributed by atoms with van der Waals surface area (Å²) < 4.78 is 0. The third-order valence-corrected chi connectivity index (χ3v) is 14.2. The number of likely N-dealkylation sites (tertiary alicyclic amines) is 1. The molecular formula is C55H102N18O12. The number of nitrogens with one attached hydrogen (secondary N) is 12. The van der Waals surface area contributed by atoms with Gasteiger partial charge in [0.15, 0.2) is 11.9 Å². The van der Waals surface area contributed by atoms with Gasteiger partial charge in [0, 0.05) is 32.0 Å². The zero-order valence-electron chi connectivity index (χ0n) is 51.1. The SMILES string of the molecule is CC(C)C[C@H](NC(=O)[C@H](CC(C)C)NC(=O)[C@H](CCCCN)NC(=O)[C@H](CCCNC(=N)N)NC(=O)[C@@H]1CCCN1C(=O)[C@@H](C)CCCNC(=N)N)C(=O)N[C@@H](C)C(=O)N[C@@H](CCC(=O)O)C(=O)N[C@@H](CCCCN)C(=O)N[C@H](C(N)=O)C(C)C. The highest BCUT2D eigenvalue weighted by atomic mass is 16.4. The van der Waals surface area contributed by atoms with Crippen LogP contribution in [0.25, 0.3) is 0 Å². The summed E-state index contributed by atoms with van der Waals surface area (Å²) in [5.41, 5.74) is 27.8. The second-order valence-corrected chi connectivity index (χ2v) is 23.0. The molecule has 1 fully saturated rings. The van der Waals surface area contributed by atoms with Gasteiger partial charge < -0.3 is 91.8 Å². The van der Waals surface area contributed by atoms with Crippen LogP contribution in [0.2, 0.25) is 0 Å². The van der Waals surface area contributed by atoms with Gasteiger partial charge in [-0.1, -0.05) is 48.5 Å². The Labute approximate surface area is 499 Å². The van der Waals surface area contributed by atoms with E-state index in [0.29, 0.717) is 64.5 Å². The number of nitrogens with two attached hydrogens (primary N) is 5. The molecule has 0 aromatic heterocycles. The van der Waals surface area contributed by atoms with E-state index in [-0.39, 0.29) is 87.8 Å². The molecule has 0 unspecified atom stereocenters. The Kier molecular flexibility index (Phi) is 35.6. The van der Waals surface area contributed by atoms with Gasteiger partial charge in [-0.15, -0.1) is 0 Å². The minimum Gasteiger partial charge on any atom is -0.481 e. The molecule has 30 heteroatoms. The summed E-state index contributed by atoms with van der Waals surface area (Å²) in [4.78, 5) is 151. The van der Waals surface area contributed by atoms with Crippen molar-refractivity contribution in [3.63, 3.8) is 0 Å². The van der Waals surface area contributed by atoms with Crippen molar-refractivity contribution in [1.29, 1.82) is 10.8 Å². The quantitative estimate of drug-likeness (QED) is 0.0169. The average Bonchev–Trinajstić information content (AvgIpc) is 3.88. The lowest BCUT2D eigenvalue weighted by Gasteiger charge is -2.30. The average molecular weight is 1210 g/mol. The van der Waals surface area contributed by atoms with Crippen LogP contribution in [0.4, 0.5) is 0 Å². The summed E-state index contributed by atoms with van der Waals surface area (Å²) in [5.74, 6) is -10.3. The topological polar surface area (TPSA) is 509 Å². The maximum Gasteiger partial charge on any atom is 0.303 e. The van der Waals surface area contributed by atoms with Gasteiger partial charge in [-0.25, -0.2) is 0 Å². The first-order valence-corrected chi connectivity index (χ1v) is 29.7. The summed E-state index contributed by atoms with van der Waals surface area (Å²) in [5, 5.41) is 51.0. The first-order valence-electron chi connectivity index (χ1n) is 29.7. The van der Waals surface area contributed by atoms with Crippen LogP contribution in [-0.2, 0) is 52.7 Å². The number of carbonyl (C=O) groups is 11. The molecule has 10 atom stereocenters. The molecule has 0 spiro atoms. The Morgan fingerprint density at radius 2 is 0.906 bits per heavy atom. The van der Waals surface area contributed by atoms with E-state index >= 15 is 0 Å². The van der Waals surface area contributed by atoms with Gasteiger partial charge >= 0.3 is 5.97 Å². The summed E-state index contributed by atoms with van der Waals surface area (Å²) in [6, 6.07) is -11.1. The first-order chi connectivity index (χ1) is 39.9. The number of aliphatic carboxylic acids is 1. The van der Waals surface area contributed by atoms with Gasteiger partial charge in [-0.3, -0.25) is 63.6 Å². The molecular weight excluding hydrogens is 1100 g/mol. The summed E-state index contributed by atoms with van der Waals surface area (Å²) in [6.07, 6.45) is 3.14. The molecule has 1 rings (SSSR count). The second-order valence-electron chi connectivity index (χ2n) is 23.0. The van der Waals surface area contributed by atoms with Crippen molar-refractivity contribution in [2.24, 2.45) is 52.3 Å². The van der Waals surface area contributed by atoms with Gasteiger partial charge in [0.2, 0.25) is 59.1 Å². The lowest BCUT2D eigenvalue weighted by Crippen LogP contribution is -2.60. The van der Waals surface area contributed by atoms with E-state index in [1.54, 1.807) is 48.5 Å². The number of amides is 10. The fourth-order valence-corrected chi connectivity index (χ4v) is 9.46. The molecule has 484 valence electrons. The molecule has 0 saturated carbocycles. The second kappa shape index (κ2) is 40.0. The monoisotopic (exact) mass is 1210 g/mol. The van der Waals surface area contributed by atoms with Crippen LogP contribution in [0.5, 0.6) is 0 Å². The molecule has 1 aliphatic rings. The van der Waals surface area contributed by atoms with E-state index in [9.17, 15) is 57.8 Å². The fourth-order valence-electron chi connectivity index (χ4n) is 9.46. The zero-order valence-corrected chi connectivity index (χ0v) is 51.1. The van der Waals surface area contributed by atoms with Crippen LogP contribution in [-0.4, -0.2) is 174 Å². The lowest BCUT2D eigenvalue weighted by molar-refractivity contribution is -0.142. The minimum atomic E-state index is -1.52. The van der Waals surface area contributed by atoms with E-state index in [2.05, 4.69) is 53.2 Å². The third kappa shape index (κ3) is 29.8. The van der Waals surface area contributed by atoms with E-state index in [1.807, 2.05) is 0 Å². The number of rotatable bonds is 42. The molecule has 0 aromatic carbocycles. The lowest BCUT2D eigenvalue weighted by atomic mass is 9.99. The Morgan fingerprint density at radius 1 is 0.506 bits per heavy atom. The molecule has 0 bridgehead atoms. The Morgan fingerprint density at radius 3 is 1.34 bits per heavy atom. The van der Waals surface area contributed by atoms with Crippen LogP contribution in [0.15, 0.2) is 0 Å².